The molecular weight excluding hydrogens is 205 g/mol. The average molecular weight is 221 g/mol. The molecule has 0 unspecified atom stereocenters. The van der Waals surface area contributed by atoms with Crippen LogP contribution in [0.25, 0.3) is 0 Å². The third kappa shape index (κ3) is 1.46. The van der Waals surface area contributed by atoms with Gasteiger partial charge in [0.15, 0.2) is 0 Å². The number of nitrogens with zero attached hydrogens (tertiary/aromatic N) is 1. The summed E-state index contributed by atoms with van der Waals surface area (Å²) in [6, 6.07) is 6.31. The van der Waals surface area contributed by atoms with Gasteiger partial charge in [-0.25, -0.2) is 4.39 Å². The van der Waals surface area contributed by atoms with Crippen molar-refractivity contribution < 1.29 is 9.50 Å². The van der Waals surface area contributed by atoms with Crippen molar-refractivity contribution >= 4 is 0 Å². The molecule has 3 heteroatoms. The number of piperidine rings is 3. The highest BCUT2D eigenvalue weighted by atomic mass is 19.1. The summed E-state index contributed by atoms with van der Waals surface area (Å²) in [6.07, 6.45) is 2.10. The first-order chi connectivity index (χ1) is 7.68. The third-order valence-electron chi connectivity index (χ3n) is 4.07. The van der Waals surface area contributed by atoms with Crippen LogP contribution in [0.1, 0.15) is 18.4 Å². The van der Waals surface area contributed by atoms with Crippen LogP contribution in [0.15, 0.2) is 24.3 Å². The SMILES string of the molecule is O[C@@]1(c2ccc(F)cc2)CN2CCC1CC2. The van der Waals surface area contributed by atoms with Crippen molar-refractivity contribution in [2.45, 2.75) is 18.4 Å². The summed E-state index contributed by atoms with van der Waals surface area (Å²) in [6.45, 7) is 2.88. The van der Waals surface area contributed by atoms with E-state index in [2.05, 4.69) is 4.90 Å². The molecule has 0 spiro atoms. The first kappa shape index (κ1) is 10.2. The van der Waals surface area contributed by atoms with Crippen molar-refractivity contribution in [1.29, 1.82) is 0 Å². The van der Waals surface area contributed by atoms with Gasteiger partial charge in [-0.3, -0.25) is 0 Å². The largest absolute Gasteiger partial charge is 0.384 e. The number of hydrogen-bond donors (Lipinski definition) is 1. The average Bonchev–Trinajstić information content (AvgIpc) is 2.31. The Hall–Kier alpha value is -0.930. The Balaban J connectivity index is 1.95. The lowest BCUT2D eigenvalue weighted by molar-refractivity contribution is -0.117. The molecule has 0 amide bonds. The van der Waals surface area contributed by atoms with Crippen LogP contribution in [0, 0.1) is 11.7 Å². The fourth-order valence-corrected chi connectivity index (χ4v) is 3.10. The first-order valence-corrected chi connectivity index (χ1v) is 5.89. The number of benzene rings is 1. The zero-order valence-electron chi connectivity index (χ0n) is 9.19. The highest BCUT2D eigenvalue weighted by molar-refractivity contribution is 5.26. The van der Waals surface area contributed by atoms with E-state index in [9.17, 15) is 9.50 Å². The van der Waals surface area contributed by atoms with E-state index < -0.39 is 5.60 Å². The molecular formula is C13H16FNO. The van der Waals surface area contributed by atoms with Gasteiger partial charge < -0.3 is 10.0 Å². The molecule has 16 heavy (non-hydrogen) atoms. The van der Waals surface area contributed by atoms with Crippen LogP contribution < -0.4 is 0 Å². The van der Waals surface area contributed by atoms with Gasteiger partial charge in [0.2, 0.25) is 0 Å². The van der Waals surface area contributed by atoms with Crippen LogP contribution in [0.2, 0.25) is 0 Å². The van der Waals surface area contributed by atoms with Crippen molar-refractivity contribution in [3.05, 3.63) is 35.6 Å². The highest BCUT2D eigenvalue weighted by Crippen LogP contribution is 2.42. The molecule has 86 valence electrons. The molecule has 1 aromatic rings. The predicted molar refractivity (Wildman–Crippen MR) is 59.5 cm³/mol. The van der Waals surface area contributed by atoms with Gasteiger partial charge in [-0.05, 0) is 49.5 Å². The lowest BCUT2D eigenvalue weighted by atomic mass is 9.72. The molecule has 3 aliphatic rings. The van der Waals surface area contributed by atoms with Crippen molar-refractivity contribution in [3.8, 4) is 0 Å². The van der Waals surface area contributed by atoms with Gasteiger partial charge in [-0.2, -0.15) is 0 Å². The monoisotopic (exact) mass is 221 g/mol. The molecule has 1 aromatic carbocycles. The maximum Gasteiger partial charge on any atom is 0.123 e. The maximum atomic E-state index is 12.9. The molecule has 0 saturated carbocycles. The minimum absolute atomic E-state index is 0.242. The highest BCUT2D eigenvalue weighted by Gasteiger charge is 2.46. The third-order valence-corrected chi connectivity index (χ3v) is 4.07. The topological polar surface area (TPSA) is 23.5 Å². The van der Waals surface area contributed by atoms with Gasteiger partial charge in [0.05, 0.1) is 0 Å². The minimum atomic E-state index is -0.760. The summed E-state index contributed by atoms with van der Waals surface area (Å²) >= 11 is 0. The van der Waals surface area contributed by atoms with Gasteiger partial charge in [0, 0.05) is 6.54 Å². The van der Waals surface area contributed by atoms with Gasteiger partial charge >= 0.3 is 0 Å². The summed E-state index contributed by atoms with van der Waals surface area (Å²) in [7, 11) is 0. The molecule has 2 bridgehead atoms. The predicted octanol–water partition coefficient (Wildman–Crippen LogP) is 1.74. The zero-order chi connectivity index (χ0) is 11.2. The van der Waals surface area contributed by atoms with E-state index >= 15 is 0 Å². The van der Waals surface area contributed by atoms with E-state index in [1.807, 2.05) is 0 Å². The van der Waals surface area contributed by atoms with Crippen LogP contribution in [0.5, 0.6) is 0 Å². The Kier molecular flexibility index (Phi) is 2.26. The maximum absolute atomic E-state index is 12.9. The molecule has 3 saturated heterocycles. The Labute approximate surface area is 94.7 Å². The Morgan fingerprint density at radius 3 is 2.31 bits per heavy atom. The lowest BCUT2D eigenvalue weighted by Gasteiger charge is -2.50. The fraction of sp³-hybridized carbons (Fsp3) is 0.538. The standard InChI is InChI=1S/C13H16FNO/c14-12-3-1-10(2-4-12)13(16)9-15-7-5-11(13)6-8-15/h1-4,11,16H,5-9H2/t13-/m1/s1. The van der Waals surface area contributed by atoms with Crippen LogP contribution >= 0.6 is 0 Å². The van der Waals surface area contributed by atoms with Crippen molar-refractivity contribution in [2.24, 2.45) is 5.92 Å². The van der Waals surface area contributed by atoms with Gasteiger partial charge in [0.25, 0.3) is 0 Å². The van der Waals surface area contributed by atoms with E-state index in [1.165, 1.54) is 12.1 Å². The van der Waals surface area contributed by atoms with E-state index in [0.29, 0.717) is 12.5 Å². The van der Waals surface area contributed by atoms with E-state index in [0.717, 1.165) is 31.5 Å². The van der Waals surface area contributed by atoms with Crippen molar-refractivity contribution in [2.75, 3.05) is 19.6 Å². The second kappa shape index (κ2) is 3.54. The van der Waals surface area contributed by atoms with Gasteiger partial charge in [0.1, 0.15) is 11.4 Å². The van der Waals surface area contributed by atoms with Crippen LogP contribution in [0.3, 0.4) is 0 Å². The summed E-state index contributed by atoms with van der Waals surface area (Å²) in [5.41, 5.74) is 0.104. The second-order valence-corrected chi connectivity index (χ2v) is 4.98. The molecule has 0 radical (unpaired) electrons. The number of fused-ring (bicyclic) bond motifs is 3. The smallest absolute Gasteiger partial charge is 0.123 e. The fourth-order valence-electron chi connectivity index (χ4n) is 3.10. The van der Waals surface area contributed by atoms with E-state index in [1.54, 1.807) is 12.1 Å². The lowest BCUT2D eigenvalue weighted by Crippen LogP contribution is -2.57. The van der Waals surface area contributed by atoms with Crippen LogP contribution in [-0.4, -0.2) is 29.6 Å². The number of rotatable bonds is 1. The number of aliphatic hydroxyl groups is 1. The van der Waals surface area contributed by atoms with Crippen molar-refractivity contribution in [1.82, 2.24) is 4.90 Å². The molecule has 4 rings (SSSR count). The first-order valence-electron chi connectivity index (χ1n) is 5.89. The molecule has 3 fully saturated rings. The molecule has 3 heterocycles. The van der Waals surface area contributed by atoms with Gasteiger partial charge in [-0.1, -0.05) is 12.1 Å². The molecule has 2 nitrogen and oxygen atoms in total. The summed E-state index contributed by atoms with van der Waals surface area (Å²) in [5.74, 6) is 0.0941. The molecule has 1 atom stereocenters. The quantitative estimate of drug-likeness (QED) is 0.780. The normalized spacial score (nSPS) is 37.6. The van der Waals surface area contributed by atoms with Gasteiger partial charge in [-0.15, -0.1) is 0 Å². The summed E-state index contributed by atoms with van der Waals surface area (Å²) in [5, 5.41) is 10.8. The molecule has 0 aliphatic carbocycles. The molecule has 3 aliphatic heterocycles. The van der Waals surface area contributed by atoms with E-state index in [4.69, 9.17) is 0 Å². The Bertz CT molecular complexity index is 383. The van der Waals surface area contributed by atoms with Crippen LogP contribution in [-0.2, 0) is 5.60 Å². The summed E-state index contributed by atoms with van der Waals surface area (Å²) in [4.78, 5) is 2.29. The Morgan fingerprint density at radius 2 is 1.81 bits per heavy atom. The number of hydrogen-bond acceptors (Lipinski definition) is 2. The van der Waals surface area contributed by atoms with Crippen molar-refractivity contribution in [3.63, 3.8) is 0 Å². The summed E-state index contributed by atoms with van der Waals surface area (Å²) < 4.78 is 12.9. The van der Waals surface area contributed by atoms with E-state index in [-0.39, 0.29) is 5.82 Å². The molecule has 0 aromatic heterocycles. The minimum Gasteiger partial charge on any atom is -0.384 e. The zero-order valence-corrected chi connectivity index (χ0v) is 9.19. The number of halogens is 1. The van der Waals surface area contributed by atoms with Crippen LogP contribution in [0.4, 0.5) is 4.39 Å². The second-order valence-electron chi connectivity index (χ2n) is 4.98. The Morgan fingerprint density at radius 1 is 1.19 bits per heavy atom. The molecule has 1 N–H and O–H groups in total.